The average Bonchev–Trinajstić information content (AvgIpc) is 2.47. The van der Waals surface area contributed by atoms with Crippen LogP contribution >= 0.6 is 15.9 Å². The molecule has 1 aliphatic carbocycles. The summed E-state index contributed by atoms with van der Waals surface area (Å²) in [5.74, 6) is 0.614. The van der Waals surface area contributed by atoms with E-state index in [4.69, 9.17) is 5.73 Å². The van der Waals surface area contributed by atoms with Crippen LogP contribution in [0.4, 0.5) is 0 Å². The van der Waals surface area contributed by atoms with Crippen molar-refractivity contribution < 1.29 is 0 Å². The molecule has 0 saturated heterocycles. The Labute approximate surface area is 126 Å². The number of hydrogen-bond acceptors (Lipinski definition) is 1. The summed E-state index contributed by atoms with van der Waals surface area (Å²) in [6.07, 6.45) is 7.69. The van der Waals surface area contributed by atoms with Crippen LogP contribution in [0.5, 0.6) is 0 Å². The third-order valence-corrected chi connectivity index (χ3v) is 5.64. The first-order valence-electron chi connectivity index (χ1n) is 7.63. The topological polar surface area (TPSA) is 26.0 Å². The summed E-state index contributed by atoms with van der Waals surface area (Å²) in [6.45, 7) is 5.31. The van der Waals surface area contributed by atoms with E-state index in [1.807, 2.05) is 0 Å². The van der Waals surface area contributed by atoms with Gasteiger partial charge >= 0.3 is 0 Å². The molecular formula is C17H26BrN. The van der Waals surface area contributed by atoms with Crippen LogP contribution in [0, 0.1) is 0 Å². The Morgan fingerprint density at radius 3 is 2.47 bits per heavy atom. The van der Waals surface area contributed by atoms with E-state index in [-0.39, 0.29) is 5.41 Å². The Hall–Kier alpha value is -0.340. The SMILES string of the molecule is CCC(C)c1ccc(C2(CN)CCCCC2)cc1Br. The molecule has 2 heteroatoms. The summed E-state index contributed by atoms with van der Waals surface area (Å²) in [4.78, 5) is 0. The fourth-order valence-corrected chi connectivity index (χ4v) is 4.09. The Balaban J connectivity index is 2.32. The summed E-state index contributed by atoms with van der Waals surface area (Å²) < 4.78 is 1.26. The van der Waals surface area contributed by atoms with Crippen LogP contribution in [0.2, 0.25) is 0 Å². The molecule has 1 unspecified atom stereocenters. The van der Waals surface area contributed by atoms with Crippen molar-refractivity contribution in [3.05, 3.63) is 33.8 Å². The van der Waals surface area contributed by atoms with Gasteiger partial charge in [0.05, 0.1) is 0 Å². The van der Waals surface area contributed by atoms with Gasteiger partial charge in [-0.05, 0) is 42.4 Å². The Bertz CT molecular complexity index is 421. The Kier molecular flexibility index (Phi) is 5.08. The van der Waals surface area contributed by atoms with Crippen LogP contribution in [0.3, 0.4) is 0 Å². The number of hydrogen-bond donors (Lipinski definition) is 1. The van der Waals surface area contributed by atoms with Crippen molar-refractivity contribution in [3.8, 4) is 0 Å². The van der Waals surface area contributed by atoms with Crippen LogP contribution in [0.1, 0.15) is 69.4 Å². The van der Waals surface area contributed by atoms with Gasteiger partial charge in [-0.15, -0.1) is 0 Å². The molecular weight excluding hydrogens is 298 g/mol. The van der Waals surface area contributed by atoms with E-state index in [1.165, 1.54) is 54.1 Å². The molecule has 0 aromatic heterocycles. The maximum absolute atomic E-state index is 6.13. The lowest BCUT2D eigenvalue weighted by atomic mass is 9.69. The highest BCUT2D eigenvalue weighted by Crippen LogP contribution is 2.40. The molecule has 1 nitrogen and oxygen atoms in total. The van der Waals surface area contributed by atoms with Crippen molar-refractivity contribution >= 4 is 15.9 Å². The van der Waals surface area contributed by atoms with Gasteiger partial charge in [0, 0.05) is 16.4 Å². The fraction of sp³-hybridized carbons (Fsp3) is 0.647. The number of nitrogens with two attached hydrogens (primary N) is 1. The van der Waals surface area contributed by atoms with E-state index in [9.17, 15) is 0 Å². The molecule has 106 valence electrons. The zero-order chi connectivity index (χ0) is 13.9. The van der Waals surface area contributed by atoms with Crippen molar-refractivity contribution in [1.29, 1.82) is 0 Å². The first-order chi connectivity index (χ1) is 9.13. The average molecular weight is 324 g/mol. The van der Waals surface area contributed by atoms with Crippen LogP contribution in [0.15, 0.2) is 22.7 Å². The first kappa shape index (κ1) is 15.1. The Morgan fingerprint density at radius 1 is 1.26 bits per heavy atom. The molecule has 0 spiro atoms. The predicted octanol–water partition coefficient (Wildman–Crippen LogP) is 5.12. The smallest absolute Gasteiger partial charge is 0.0212 e. The first-order valence-corrected chi connectivity index (χ1v) is 8.42. The lowest BCUT2D eigenvalue weighted by Crippen LogP contribution is -2.37. The second-order valence-electron chi connectivity index (χ2n) is 6.09. The van der Waals surface area contributed by atoms with E-state index in [2.05, 4.69) is 48.0 Å². The second kappa shape index (κ2) is 6.41. The standard InChI is InChI=1S/C17H26BrN/c1-3-13(2)15-8-7-14(11-16(15)18)17(12-19)9-5-4-6-10-17/h7-8,11,13H,3-6,9-10,12,19H2,1-2H3. The van der Waals surface area contributed by atoms with Crippen molar-refractivity contribution in [2.75, 3.05) is 6.54 Å². The van der Waals surface area contributed by atoms with Gasteiger partial charge in [-0.2, -0.15) is 0 Å². The van der Waals surface area contributed by atoms with Gasteiger partial charge in [-0.1, -0.05) is 61.2 Å². The van der Waals surface area contributed by atoms with Crippen molar-refractivity contribution in [2.24, 2.45) is 5.73 Å². The lowest BCUT2D eigenvalue weighted by Gasteiger charge is -2.37. The Morgan fingerprint density at radius 2 is 1.95 bits per heavy atom. The lowest BCUT2D eigenvalue weighted by molar-refractivity contribution is 0.300. The third kappa shape index (κ3) is 3.05. The summed E-state index contributed by atoms with van der Waals surface area (Å²) >= 11 is 3.77. The molecule has 0 heterocycles. The number of rotatable bonds is 4. The van der Waals surface area contributed by atoms with Crippen LogP contribution < -0.4 is 5.73 Å². The van der Waals surface area contributed by atoms with Gasteiger partial charge in [0.15, 0.2) is 0 Å². The molecule has 1 aromatic rings. The van der Waals surface area contributed by atoms with Crippen LogP contribution in [-0.4, -0.2) is 6.54 Å². The van der Waals surface area contributed by atoms with E-state index in [0.717, 1.165) is 6.54 Å². The van der Waals surface area contributed by atoms with Gasteiger partial charge in [0.25, 0.3) is 0 Å². The molecule has 0 amide bonds. The molecule has 1 aromatic carbocycles. The minimum atomic E-state index is 0.231. The fourth-order valence-electron chi connectivity index (χ4n) is 3.32. The van der Waals surface area contributed by atoms with E-state index >= 15 is 0 Å². The van der Waals surface area contributed by atoms with Gasteiger partial charge < -0.3 is 5.73 Å². The molecule has 1 atom stereocenters. The monoisotopic (exact) mass is 323 g/mol. The zero-order valence-electron chi connectivity index (χ0n) is 12.2. The van der Waals surface area contributed by atoms with E-state index in [0.29, 0.717) is 5.92 Å². The molecule has 2 N–H and O–H groups in total. The van der Waals surface area contributed by atoms with Gasteiger partial charge in [0.2, 0.25) is 0 Å². The predicted molar refractivity (Wildman–Crippen MR) is 86.7 cm³/mol. The quantitative estimate of drug-likeness (QED) is 0.817. The highest BCUT2D eigenvalue weighted by molar-refractivity contribution is 9.10. The molecule has 19 heavy (non-hydrogen) atoms. The molecule has 0 radical (unpaired) electrons. The minimum absolute atomic E-state index is 0.231. The van der Waals surface area contributed by atoms with E-state index < -0.39 is 0 Å². The van der Waals surface area contributed by atoms with Crippen LogP contribution in [0.25, 0.3) is 0 Å². The van der Waals surface area contributed by atoms with Gasteiger partial charge in [-0.3, -0.25) is 0 Å². The number of halogens is 1. The normalized spacial score (nSPS) is 20.2. The minimum Gasteiger partial charge on any atom is -0.330 e. The van der Waals surface area contributed by atoms with E-state index in [1.54, 1.807) is 0 Å². The molecule has 0 bridgehead atoms. The maximum Gasteiger partial charge on any atom is 0.0212 e. The third-order valence-electron chi connectivity index (χ3n) is 4.96. The summed E-state index contributed by atoms with van der Waals surface area (Å²) in [6, 6.07) is 6.96. The molecule has 1 saturated carbocycles. The highest BCUT2D eigenvalue weighted by Gasteiger charge is 2.32. The molecule has 0 aliphatic heterocycles. The molecule has 1 aliphatic rings. The number of benzene rings is 1. The van der Waals surface area contributed by atoms with Gasteiger partial charge in [0.1, 0.15) is 0 Å². The van der Waals surface area contributed by atoms with Crippen molar-refractivity contribution in [2.45, 2.75) is 63.7 Å². The maximum atomic E-state index is 6.13. The van der Waals surface area contributed by atoms with Crippen LogP contribution in [-0.2, 0) is 5.41 Å². The van der Waals surface area contributed by atoms with Gasteiger partial charge in [-0.25, -0.2) is 0 Å². The highest BCUT2D eigenvalue weighted by atomic mass is 79.9. The molecule has 1 fully saturated rings. The van der Waals surface area contributed by atoms with Crippen molar-refractivity contribution in [1.82, 2.24) is 0 Å². The zero-order valence-corrected chi connectivity index (χ0v) is 13.8. The second-order valence-corrected chi connectivity index (χ2v) is 6.95. The summed E-state index contributed by atoms with van der Waals surface area (Å²) in [5, 5.41) is 0. The largest absolute Gasteiger partial charge is 0.330 e. The summed E-state index contributed by atoms with van der Waals surface area (Å²) in [5.41, 5.74) is 9.22. The molecule has 2 rings (SSSR count). The summed E-state index contributed by atoms with van der Waals surface area (Å²) in [7, 11) is 0. The van der Waals surface area contributed by atoms with Crippen molar-refractivity contribution in [3.63, 3.8) is 0 Å².